The Morgan fingerprint density at radius 2 is 1.45 bits per heavy atom. The van der Waals surface area contributed by atoms with Gasteiger partial charge in [-0.05, 0) is 62.4 Å². The van der Waals surface area contributed by atoms with E-state index in [0.717, 1.165) is 20.2 Å². The van der Waals surface area contributed by atoms with Crippen molar-refractivity contribution < 1.29 is 9.90 Å². The Labute approximate surface area is 187 Å². The van der Waals surface area contributed by atoms with Crippen molar-refractivity contribution >= 4 is 49.3 Å². The molecule has 3 aromatic rings. The number of aliphatic hydroxyl groups is 1. The van der Waals surface area contributed by atoms with Crippen molar-refractivity contribution in [3.05, 3.63) is 92.9 Å². The van der Waals surface area contributed by atoms with Gasteiger partial charge in [-0.25, -0.2) is 4.79 Å². The predicted molar refractivity (Wildman–Crippen MR) is 123 cm³/mol. The molecule has 4 nitrogen and oxygen atoms in total. The number of hydrogen-bond donors (Lipinski definition) is 1. The van der Waals surface area contributed by atoms with E-state index in [-0.39, 0.29) is 6.03 Å². The fraction of sp³-hybridized carbons (Fsp3) is 0.174. The summed E-state index contributed by atoms with van der Waals surface area (Å²) in [6, 6.07) is 21.8. The van der Waals surface area contributed by atoms with Gasteiger partial charge in [0, 0.05) is 25.9 Å². The third-order valence-corrected chi connectivity index (χ3v) is 6.40. The van der Waals surface area contributed by atoms with Crippen LogP contribution < -0.4 is 9.80 Å². The standard InChI is InChI=1S/C23H20Br2N2O2/c1-15-4-3-5-17(14-15)23(29)16(2)26(20-10-6-18(24)7-11-20)22(28)27(23)21-12-8-19(25)9-13-21/h3-14,16,29H,1-2H3. The van der Waals surface area contributed by atoms with Gasteiger partial charge in [0.15, 0.2) is 5.72 Å². The van der Waals surface area contributed by atoms with Gasteiger partial charge in [0.2, 0.25) is 0 Å². The van der Waals surface area contributed by atoms with Crippen LogP contribution in [0, 0.1) is 6.92 Å². The van der Waals surface area contributed by atoms with Gasteiger partial charge in [-0.3, -0.25) is 9.80 Å². The zero-order valence-corrected chi connectivity index (χ0v) is 19.2. The van der Waals surface area contributed by atoms with Gasteiger partial charge in [0.05, 0.1) is 6.04 Å². The molecule has 4 rings (SSSR count). The summed E-state index contributed by atoms with van der Waals surface area (Å²) in [4.78, 5) is 16.8. The lowest BCUT2D eigenvalue weighted by atomic mass is 9.93. The number of halogens is 2. The van der Waals surface area contributed by atoms with Gasteiger partial charge in [0.1, 0.15) is 0 Å². The van der Waals surface area contributed by atoms with Crippen molar-refractivity contribution in [1.29, 1.82) is 0 Å². The molecule has 6 heteroatoms. The van der Waals surface area contributed by atoms with Crippen LogP contribution >= 0.6 is 31.9 Å². The highest BCUT2D eigenvalue weighted by atomic mass is 79.9. The number of carbonyl (C=O) groups excluding carboxylic acids is 1. The molecular formula is C23H20Br2N2O2. The molecule has 1 aliphatic rings. The van der Waals surface area contributed by atoms with E-state index in [2.05, 4.69) is 31.9 Å². The third-order valence-electron chi connectivity index (χ3n) is 5.34. The van der Waals surface area contributed by atoms with Crippen LogP contribution in [0.4, 0.5) is 16.2 Å². The Balaban J connectivity index is 1.90. The summed E-state index contributed by atoms with van der Waals surface area (Å²) < 4.78 is 1.84. The zero-order valence-electron chi connectivity index (χ0n) is 16.0. The number of urea groups is 1. The molecular weight excluding hydrogens is 496 g/mol. The quantitative estimate of drug-likeness (QED) is 0.451. The molecule has 1 aliphatic heterocycles. The summed E-state index contributed by atoms with van der Waals surface area (Å²) in [5.41, 5.74) is 1.55. The largest absolute Gasteiger partial charge is 0.365 e. The van der Waals surface area contributed by atoms with E-state index in [9.17, 15) is 9.90 Å². The van der Waals surface area contributed by atoms with Gasteiger partial charge in [-0.1, -0.05) is 61.7 Å². The summed E-state index contributed by atoms with van der Waals surface area (Å²) in [6.07, 6.45) is 0. The maximum atomic E-state index is 13.6. The second-order valence-electron chi connectivity index (χ2n) is 7.21. The molecule has 0 aliphatic carbocycles. The summed E-state index contributed by atoms with van der Waals surface area (Å²) in [6.45, 7) is 3.85. The summed E-state index contributed by atoms with van der Waals surface area (Å²) >= 11 is 6.88. The van der Waals surface area contributed by atoms with E-state index >= 15 is 0 Å². The highest BCUT2D eigenvalue weighted by Gasteiger charge is 2.56. The normalized spacial score (nSPS) is 21.7. The third kappa shape index (κ3) is 3.39. The van der Waals surface area contributed by atoms with Gasteiger partial charge in [-0.2, -0.15) is 0 Å². The van der Waals surface area contributed by atoms with Crippen LogP contribution in [0.25, 0.3) is 0 Å². The Bertz CT molecular complexity index is 1050. The molecule has 2 amide bonds. The Kier molecular flexibility index (Phi) is 5.27. The molecule has 1 heterocycles. The first-order chi connectivity index (χ1) is 13.8. The van der Waals surface area contributed by atoms with Crippen LogP contribution in [-0.4, -0.2) is 17.2 Å². The smallest absolute Gasteiger partial charge is 0.332 e. The second-order valence-corrected chi connectivity index (χ2v) is 9.04. The van der Waals surface area contributed by atoms with E-state index in [4.69, 9.17) is 0 Å². The molecule has 148 valence electrons. The van der Waals surface area contributed by atoms with Gasteiger partial charge in [-0.15, -0.1) is 0 Å². The summed E-state index contributed by atoms with van der Waals surface area (Å²) in [5.74, 6) is 0. The topological polar surface area (TPSA) is 43.8 Å². The Morgan fingerprint density at radius 1 is 0.897 bits per heavy atom. The first kappa shape index (κ1) is 20.1. The van der Waals surface area contributed by atoms with Crippen LogP contribution in [0.3, 0.4) is 0 Å². The lowest BCUT2D eigenvalue weighted by molar-refractivity contribution is 0.0371. The van der Waals surface area contributed by atoms with Crippen LogP contribution in [0.1, 0.15) is 18.1 Å². The summed E-state index contributed by atoms with van der Waals surface area (Å²) in [7, 11) is 0. The average molecular weight is 516 g/mol. The fourth-order valence-corrected chi connectivity index (χ4v) is 4.39. The lowest BCUT2D eigenvalue weighted by Crippen LogP contribution is -2.48. The molecule has 0 aromatic heterocycles. The van der Waals surface area contributed by atoms with Crippen molar-refractivity contribution in [2.75, 3.05) is 9.80 Å². The Morgan fingerprint density at radius 3 is 2.00 bits per heavy atom. The first-order valence-corrected chi connectivity index (χ1v) is 10.8. The molecule has 1 saturated heterocycles. The summed E-state index contributed by atoms with van der Waals surface area (Å²) in [5, 5.41) is 12.0. The molecule has 2 atom stereocenters. The number of amides is 2. The number of carbonyl (C=O) groups is 1. The van der Waals surface area contributed by atoms with Crippen LogP contribution in [0.2, 0.25) is 0 Å². The maximum Gasteiger partial charge on any atom is 0.332 e. The molecule has 0 bridgehead atoms. The Hall–Kier alpha value is -2.15. The average Bonchev–Trinajstić information content (AvgIpc) is 2.90. The first-order valence-electron chi connectivity index (χ1n) is 9.26. The number of aryl methyl sites for hydroxylation is 1. The molecule has 1 fully saturated rings. The fourth-order valence-electron chi connectivity index (χ4n) is 3.86. The highest BCUT2D eigenvalue weighted by molar-refractivity contribution is 9.10. The van der Waals surface area contributed by atoms with E-state index in [1.807, 2.05) is 86.6 Å². The van der Waals surface area contributed by atoms with Gasteiger partial charge >= 0.3 is 6.03 Å². The second kappa shape index (κ2) is 7.59. The van der Waals surface area contributed by atoms with Crippen LogP contribution in [0.5, 0.6) is 0 Å². The van der Waals surface area contributed by atoms with Gasteiger partial charge < -0.3 is 5.11 Å². The number of anilines is 2. The molecule has 2 unspecified atom stereocenters. The lowest BCUT2D eigenvalue weighted by Gasteiger charge is -2.36. The highest BCUT2D eigenvalue weighted by Crippen LogP contribution is 2.44. The molecule has 0 spiro atoms. The minimum atomic E-state index is -1.52. The van der Waals surface area contributed by atoms with Crippen molar-refractivity contribution in [2.24, 2.45) is 0 Å². The number of nitrogens with zero attached hydrogens (tertiary/aromatic N) is 2. The molecule has 3 aromatic carbocycles. The van der Waals surface area contributed by atoms with E-state index < -0.39 is 11.8 Å². The monoisotopic (exact) mass is 514 g/mol. The molecule has 1 N–H and O–H groups in total. The van der Waals surface area contributed by atoms with Gasteiger partial charge in [0.25, 0.3) is 0 Å². The SMILES string of the molecule is Cc1cccc(C2(O)C(C)N(c3ccc(Br)cc3)C(=O)N2c2ccc(Br)cc2)c1. The van der Waals surface area contributed by atoms with E-state index in [1.165, 1.54) is 4.90 Å². The predicted octanol–water partition coefficient (Wildman–Crippen LogP) is 6.20. The molecule has 0 radical (unpaired) electrons. The number of rotatable bonds is 3. The number of benzene rings is 3. The van der Waals surface area contributed by atoms with Crippen molar-refractivity contribution in [3.63, 3.8) is 0 Å². The van der Waals surface area contributed by atoms with E-state index in [1.54, 1.807) is 4.90 Å². The van der Waals surface area contributed by atoms with Crippen LogP contribution in [-0.2, 0) is 5.72 Å². The van der Waals surface area contributed by atoms with Crippen molar-refractivity contribution in [1.82, 2.24) is 0 Å². The van der Waals surface area contributed by atoms with Crippen LogP contribution in [0.15, 0.2) is 81.7 Å². The molecule has 29 heavy (non-hydrogen) atoms. The van der Waals surface area contributed by atoms with Crippen molar-refractivity contribution in [3.8, 4) is 0 Å². The minimum Gasteiger partial charge on any atom is -0.365 e. The minimum absolute atomic E-state index is 0.272. The maximum absolute atomic E-state index is 13.6. The van der Waals surface area contributed by atoms with E-state index in [0.29, 0.717) is 11.3 Å². The zero-order chi connectivity index (χ0) is 20.8. The molecule has 0 saturated carbocycles. The van der Waals surface area contributed by atoms with Crippen molar-refractivity contribution in [2.45, 2.75) is 25.6 Å². The number of hydrogen-bond acceptors (Lipinski definition) is 2.